The molecule has 0 saturated carbocycles. The third kappa shape index (κ3) is 3.25. The molecule has 0 aliphatic heterocycles. The van der Waals surface area contributed by atoms with Crippen molar-refractivity contribution in [3.8, 4) is 11.3 Å². The number of carbonyl (C=O) groups excluding carboxylic acids is 1. The van der Waals surface area contributed by atoms with Crippen LogP contribution in [0.15, 0.2) is 42.6 Å². The number of halogens is 4. The molecule has 1 heterocycles. The van der Waals surface area contributed by atoms with Crippen molar-refractivity contribution in [2.75, 3.05) is 0 Å². The van der Waals surface area contributed by atoms with E-state index in [-0.39, 0.29) is 11.1 Å². The number of nitrogens with zero attached hydrogens (tertiary/aromatic N) is 1. The van der Waals surface area contributed by atoms with Crippen molar-refractivity contribution in [1.82, 2.24) is 10.2 Å². The molecule has 0 saturated heterocycles. The van der Waals surface area contributed by atoms with Gasteiger partial charge in [0.1, 0.15) is 17.3 Å². The van der Waals surface area contributed by atoms with Gasteiger partial charge in [0.2, 0.25) is 0 Å². The van der Waals surface area contributed by atoms with E-state index in [1.54, 1.807) is 18.2 Å². The second-order valence-electron chi connectivity index (χ2n) is 4.79. The average Bonchev–Trinajstić information content (AvgIpc) is 2.93. The van der Waals surface area contributed by atoms with Crippen LogP contribution in [0.4, 0.5) is 8.78 Å². The fourth-order valence-electron chi connectivity index (χ4n) is 2.21. The molecule has 1 aromatic heterocycles. The predicted octanol–water partition coefficient (Wildman–Crippen LogP) is 4.89. The van der Waals surface area contributed by atoms with Gasteiger partial charge in [-0.15, -0.1) is 0 Å². The van der Waals surface area contributed by atoms with Crippen LogP contribution in [0.3, 0.4) is 0 Å². The molecule has 23 heavy (non-hydrogen) atoms. The zero-order valence-electron chi connectivity index (χ0n) is 11.4. The lowest BCUT2D eigenvalue weighted by molar-refractivity contribution is 0.103. The summed E-state index contributed by atoms with van der Waals surface area (Å²) < 4.78 is 26.6. The van der Waals surface area contributed by atoms with Gasteiger partial charge in [0.15, 0.2) is 5.78 Å². The van der Waals surface area contributed by atoms with Crippen molar-refractivity contribution < 1.29 is 13.6 Å². The van der Waals surface area contributed by atoms with Gasteiger partial charge in [-0.1, -0.05) is 23.2 Å². The monoisotopic (exact) mass is 352 g/mol. The van der Waals surface area contributed by atoms with Gasteiger partial charge in [-0.25, -0.2) is 8.78 Å². The Morgan fingerprint density at radius 2 is 1.57 bits per heavy atom. The second kappa shape index (κ2) is 6.10. The van der Waals surface area contributed by atoms with Crippen LogP contribution >= 0.6 is 23.2 Å². The normalized spacial score (nSPS) is 10.8. The Kier molecular flexibility index (Phi) is 4.15. The quantitative estimate of drug-likeness (QED) is 0.682. The van der Waals surface area contributed by atoms with Gasteiger partial charge in [0, 0.05) is 33.4 Å². The highest BCUT2D eigenvalue weighted by Gasteiger charge is 2.19. The lowest BCUT2D eigenvalue weighted by Gasteiger charge is -2.04. The lowest BCUT2D eigenvalue weighted by atomic mass is 10.0. The van der Waals surface area contributed by atoms with Crippen molar-refractivity contribution in [3.05, 3.63) is 75.4 Å². The SMILES string of the molecule is O=C(c1cc(F)cc(F)c1)c1c[nH]nc1-c1cc(Cl)cc(Cl)c1. The van der Waals surface area contributed by atoms with Gasteiger partial charge in [0.05, 0.1) is 5.56 Å². The highest BCUT2D eigenvalue weighted by Crippen LogP contribution is 2.29. The van der Waals surface area contributed by atoms with Crippen molar-refractivity contribution in [2.24, 2.45) is 0 Å². The minimum Gasteiger partial charge on any atom is -0.288 e. The number of H-pyrrole nitrogens is 1. The highest BCUT2D eigenvalue weighted by molar-refractivity contribution is 6.35. The highest BCUT2D eigenvalue weighted by atomic mass is 35.5. The molecule has 3 rings (SSSR count). The Balaban J connectivity index is 2.08. The maximum Gasteiger partial charge on any atom is 0.197 e. The molecule has 3 aromatic rings. The minimum atomic E-state index is -0.829. The zero-order chi connectivity index (χ0) is 16.6. The van der Waals surface area contributed by atoms with Crippen molar-refractivity contribution in [1.29, 1.82) is 0 Å². The topological polar surface area (TPSA) is 45.8 Å². The number of aromatic nitrogens is 2. The maximum atomic E-state index is 13.3. The molecular formula is C16H8Cl2F2N2O. The van der Waals surface area contributed by atoms with Crippen molar-refractivity contribution in [3.63, 3.8) is 0 Å². The summed E-state index contributed by atoms with van der Waals surface area (Å²) in [6.45, 7) is 0. The van der Waals surface area contributed by atoms with Crippen LogP contribution in [0, 0.1) is 11.6 Å². The fourth-order valence-corrected chi connectivity index (χ4v) is 2.74. The van der Waals surface area contributed by atoms with E-state index in [9.17, 15) is 13.6 Å². The standard InChI is InChI=1S/C16H8Cl2F2N2O/c17-10-1-8(2-11(18)5-10)15-14(7-21-22-15)16(23)9-3-12(19)6-13(20)4-9/h1-7H,(H,21,22). The van der Waals surface area contributed by atoms with Crippen LogP contribution in [0.5, 0.6) is 0 Å². The Hall–Kier alpha value is -2.24. The third-order valence-electron chi connectivity index (χ3n) is 3.15. The van der Waals surface area contributed by atoms with Gasteiger partial charge >= 0.3 is 0 Å². The molecule has 0 radical (unpaired) electrons. The van der Waals surface area contributed by atoms with Crippen molar-refractivity contribution in [2.45, 2.75) is 0 Å². The van der Waals surface area contributed by atoms with Crippen LogP contribution in [-0.2, 0) is 0 Å². The molecule has 0 aliphatic carbocycles. The van der Waals surface area contributed by atoms with Gasteiger partial charge in [0.25, 0.3) is 0 Å². The predicted molar refractivity (Wildman–Crippen MR) is 83.8 cm³/mol. The largest absolute Gasteiger partial charge is 0.288 e. The Morgan fingerprint density at radius 1 is 0.957 bits per heavy atom. The van der Waals surface area contributed by atoms with E-state index in [0.29, 0.717) is 27.4 Å². The van der Waals surface area contributed by atoms with E-state index in [4.69, 9.17) is 23.2 Å². The molecule has 0 atom stereocenters. The van der Waals surface area contributed by atoms with Gasteiger partial charge in [-0.05, 0) is 30.3 Å². The molecule has 0 unspecified atom stereocenters. The first-order valence-electron chi connectivity index (χ1n) is 6.45. The summed E-state index contributed by atoms with van der Waals surface area (Å²) >= 11 is 11.9. The molecule has 3 nitrogen and oxygen atoms in total. The third-order valence-corrected chi connectivity index (χ3v) is 3.58. The number of nitrogens with one attached hydrogen (secondary N) is 1. The molecule has 0 spiro atoms. The number of carbonyl (C=O) groups is 1. The van der Waals surface area contributed by atoms with Crippen LogP contribution in [-0.4, -0.2) is 16.0 Å². The molecule has 7 heteroatoms. The second-order valence-corrected chi connectivity index (χ2v) is 5.67. The summed E-state index contributed by atoms with van der Waals surface area (Å²) in [5, 5.41) is 7.34. The minimum absolute atomic E-state index is 0.113. The number of rotatable bonds is 3. The van der Waals surface area contributed by atoms with Gasteiger partial charge < -0.3 is 0 Å². The number of aromatic amines is 1. The maximum absolute atomic E-state index is 13.3. The smallest absolute Gasteiger partial charge is 0.197 e. The first kappa shape index (κ1) is 15.6. The number of ketones is 1. The van der Waals surface area contributed by atoms with E-state index in [1.165, 1.54) is 6.20 Å². The molecular weight excluding hydrogens is 345 g/mol. The number of hydrogen-bond acceptors (Lipinski definition) is 2. The summed E-state index contributed by atoms with van der Waals surface area (Å²) in [7, 11) is 0. The van der Waals surface area contributed by atoms with Crippen LogP contribution in [0.25, 0.3) is 11.3 Å². The summed E-state index contributed by atoms with van der Waals surface area (Å²) in [6.07, 6.45) is 1.36. The molecule has 0 fully saturated rings. The van der Waals surface area contributed by atoms with Gasteiger partial charge in [-0.2, -0.15) is 5.10 Å². The number of hydrogen-bond donors (Lipinski definition) is 1. The van der Waals surface area contributed by atoms with E-state index < -0.39 is 17.4 Å². The van der Waals surface area contributed by atoms with E-state index >= 15 is 0 Å². The first-order valence-corrected chi connectivity index (χ1v) is 7.20. The molecule has 116 valence electrons. The lowest BCUT2D eigenvalue weighted by Crippen LogP contribution is -2.03. The number of benzene rings is 2. The molecule has 0 amide bonds. The molecule has 0 bridgehead atoms. The Bertz CT molecular complexity index is 868. The van der Waals surface area contributed by atoms with E-state index in [0.717, 1.165) is 12.1 Å². The van der Waals surface area contributed by atoms with Crippen LogP contribution < -0.4 is 0 Å². The van der Waals surface area contributed by atoms with E-state index in [2.05, 4.69) is 10.2 Å². The summed E-state index contributed by atoms with van der Waals surface area (Å²) in [6, 6.07) is 7.35. The molecule has 1 N–H and O–H groups in total. The molecule has 2 aromatic carbocycles. The van der Waals surface area contributed by atoms with Gasteiger partial charge in [-0.3, -0.25) is 9.89 Å². The summed E-state index contributed by atoms with van der Waals surface area (Å²) in [5.41, 5.74) is 0.861. The zero-order valence-corrected chi connectivity index (χ0v) is 12.9. The summed E-state index contributed by atoms with van der Waals surface area (Å²) in [5.74, 6) is -2.23. The average molecular weight is 353 g/mol. The van der Waals surface area contributed by atoms with E-state index in [1.807, 2.05) is 0 Å². The summed E-state index contributed by atoms with van der Waals surface area (Å²) in [4.78, 5) is 12.5. The van der Waals surface area contributed by atoms with Crippen LogP contribution in [0.2, 0.25) is 10.0 Å². The fraction of sp³-hybridized carbons (Fsp3) is 0. The Morgan fingerprint density at radius 3 is 2.17 bits per heavy atom. The Labute approximate surface area is 139 Å². The molecule has 0 aliphatic rings. The van der Waals surface area contributed by atoms with Crippen LogP contribution in [0.1, 0.15) is 15.9 Å². The van der Waals surface area contributed by atoms with Crippen molar-refractivity contribution >= 4 is 29.0 Å². The first-order chi connectivity index (χ1) is 10.9.